The first kappa shape index (κ1) is 16.4. The number of H-pyrrole nitrogens is 1. The Bertz CT molecular complexity index is 861. The van der Waals surface area contributed by atoms with E-state index in [2.05, 4.69) is 31.4 Å². The summed E-state index contributed by atoms with van der Waals surface area (Å²) in [5.74, 6) is -0.567. The summed E-state index contributed by atoms with van der Waals surface area (Å²) < 4.78 is 14.0. The normalized spacial score (nSPS) is 12.0. The van der Waals surface area contributed by atoms with Crippen LogP contribution in [0.1, 0.15) is 28.9 Å². The monoisotopic (exact) mass is 387 g/mol. The number of amides is 1. The Labute approximate surface area is 147 Å². The van der Waals surface area contributed by atoms with Gasteiger partial charge in [0.15, 0.2) is 0 Å². The molecule has 0 bridgehead atoms. The maximum Gasteiger partial charge on any atom is 0.255 e. The van der Waals surface area contributed by atoms with Gasteiger partial charge in [0.25, 0.3) is 5.91 Å². The van der Waals surface area contributed by atoms with Crippen LogP contribution in [0.5, 0.6) is 0 Å². The summed E-state index contributed by atoms with van der Waals surface area (Å²) in [6.45, 7) is 1.91. The summed E-state index contributed by atoms with van der Waals surface area (Å²) in [5.41, 5.74) is 2.68. The number of nitrogens with zero attached hydrogens (tertiary/aromatic N) is 1. The van der Waals surface area contributed by atoms with Crippen LogP contribution in [0.3, 0.4) is 0 Å². The van der Waals surface area contributed by atoms with Gasteiger partial charge in [-0.1, -0.05) is 28.1 Å². The zero-order valence-corrected chi connectivity index (χ0v) is 14.5. The number of rotatable bonds is 4. The van der Waals surface area contributed by atoms with Crippen LogP contribution in [0.25, 0.3) is 11.3 Å². The maximum atomic E-state index is 13.1. The van der Waals surface area contributed by atoms with Crippen molar-refractivity contribution < 1.29 is 9.18 Å². The first-order chi connectivity index (χ1) is 11.5. The highest BCUT2D eigenvalue weighted by Crippen LogP contribution is 2.23. The number of aromatic amines is 1. The predicted octanol–water partition coefficient (Wildman–Crippen LogP) is 4.47. The molecule has 0 aliphatic rings. The van der Waals surface area contributed by atoms with Crippen molar-refractivity contribution in [3.8, 4) is 11.3 Å². The van der Waals surface area contributed by atoms with Crippen LogP contribution in [0.4, 0.5) is 4.39 Å². The number of aromatic nitrogens is 2. The lowest BCUT2D eigenvalue weighted by atomic mass is 10.1. The molecule has 0 saturated carbocycles. The third-order valence-electron chi connectivity index (χ3n) is 3.71. The van der Waals surface area contributed by atoms with Crippen LogP contribution >= 0.6 is 15.9 Å². The number of benzene rings is 2. The largest absolute Gasteiger partial charge is 0.345 e. The molecule has 0 saturated heterocycles. The van der Waals surface area contributed by atoms with Crippen molar-refractivity contribution in [3.63, 3.8) is 0 Å². The van der Waals surface area contributed by atoms with Gasteiger partial charge in [-0.05, 0) is 48.9 Å². The standard InChI is InChI=1S/C18H15BrFN3O/c1-11(13-3-2-4-14(19)9-13)22-18(24)16-10-21-23-17(16)12-5-7-15(20)8-6-12/h2-11H,1H3,(H,21,23)(H,22,24). The van der Waals surface area contributed by atoms with E-state index in [0.29, 0.717) is 16.8 Å². The van der Waals surface area contributed by atoms with Gasteiger partial charge in [0.1, 0.15) is 5.82 Å². The lowest BCUT2D eigenvalue weighted by molar-refractivity contribution is 0.0940. The number of hydrogen-bond acceptors (Lipinski definition) is 2. The van der Waals surface area contributed by atoms with Gasteiger partial charge in [-0.2, -0.15) is 5.10 Å². The summed E-state index contributed by atoms with van der Waals surface area (Å²) in [4.78, 5) is 12.6. The van der Waals surface area contributed by atoms with Crippen LogP contribution in [0.15, 0.2) is 59.2 Å². The van der Waals surface area contributed by atoms with Crippen molar-refractivity contribution in [1.82, 2.24) is 15.5 Å². The van der Waals surface area contributed by atoms with Gasteiger partial charge in [0.2, 0.25) is 0 Å². The third-order valence-corrected chi connectivity index (χ3v) is 4.21. The van der Waals surface area contributed by atoms with Gasteiger partial charge in [0.05, 0.1) is 23.5 Å². The minimum atomic E-state index is -0.326. The molecule has 4 nitrogen and oxygen atoms in total. The van der Waals surface area contributed by atoms with E-state index in [0.717, 1.165) is 10.0 Å². The molecule has 3 rings (SSSR count). The highest BCUT2D eigenvalue weighted by molar-refractivity contribution is 9.10. The van der Waals surface area contributed by atoms with Crippen LogP contribution < -0.4 is 5.32 Å². The zero-order valence-electron chi connectivity index (χ0n) is 12.9. The number of carbonyl (C=O) groups is 1. The molecule has 1 amide bonds. The Hall–Kier alpha value is -2.47. The second-order valence-corrected chi connectivity index (χ2v) is 6.33. The van der Waals surface area contributed by atoms with E-state index in [1.54, 1.807) is 12.1 Å². The van der Waals surface area contributed by atoms with Crippen molar-refractivity contribution in [2.24, 2.45) is 0 Å². The minimum Gasteiger partial charge on any atom is -0.345 e. The molecule has 3 aromatic rings. The van der Waals surface area contributed by atoms with E-state index < -0.39 is 0 Å². The minimum absolute atomic E-state index is 0.161. The highest BCUT2D eigenvalue weighted by atomic mass is 79.9. The Kier molecular flexibility index (Phi) is 4.76. The maximum absolute atomic E-state index is 13.1. The van der Waals surface area contributed by atoms with E-state index >= 15 is 0 Å². The molecule has 0 fully saturated rings. The van der Waals surface area contributed by atoms with E-state index in [1.807, 2.05) is 31.2 Å². The van der Waals surface area contributed by atoms with Crippen molar-refractivity contribution >= 4 is 21.8 Å². The van der Waals surface area contributed by atoms with Gasteiger partial charge in [-0.15, -0.1) is 0 Å². The lowest BCUT2D eigenvalue weighted by Gasteiger charge is -2.14. The molecule has 1 aromatic heterocycles. The lowest BCUT2D eigenvalue weighted by Crippen LogP contribution is -2.26. The molecular weight excluding hydrogens is 373 g/mol. The molecule has 24 heavy (non-hydrogen) atoms. The molecule has 2 N–H and O–H groups in total. The number of nitrogens with one attached hydrogen (secondary N) is 2. The first-order valence-corrected chi connectivity index (χ1v) is 8.19. The topological polar surface area (TPSA) is 57.8 Å². The van der Waals surface area contributed by atoms with Gasteiger partial charge in [-0.25, -0.2) is 4.39 Å². The van der Waals surface area contributed by atoms with Crippen molar-refractivity contribution in [2.75, 3.05) is 0 Å². The van der Waals surface area contributed by atoms with Crippen LogP contribution in [0.2, 0.25) is 0 Å². The number of carbonyl (C=O) groups excluding carboxylic acids is 1. The van der Waals surface area contributed by atoms with Crippen molar-refractivity contribution in [2.45, 2.75) is 13.0 Å². The van der Waals surface area contributed by atoms with E-state index in [9.17, 15) is 9.18 Å². The molecule has 0 aliphatic heterocycles. The van der Waals surface area contributed by atoms with Crippen LogP contribution in [-0.2, 0) is 0 Å². The first-order valence-electron chi connectivity index (χ1n) is 7.40. The quantitative estimate of drug-likeness (QED) is 0.693. The van der Waals surface area contributed by atoms with Crippen LogP contribution in [-0.4, -0.2) is 16.1 Å². The summed E-state index contributed by atoms with van der Waals surface area (Å²) >= 11 is 3.43. The summed E-state index contributed by atoms with van der Waals surface area (Å²) in [5, 5.41) is 9.71. The second-order valence-electron chi connectivity index (χ2n) is 5.42. The molecule has 2 aromatic carbocycles. The fraction of sp³-hybridized carbons (Fsp3) is 0.111. The summed E-state index contributed by atoms with van der Waals surface area (Å²) in [6, 6.07) is 13.5. The molecular formula is C18H15BrFN3O. The van der Waals surface area contributed by atoms with Crippen LogP contribution in [0, 0.1) is 5.82 Å². The summed E-state index contributed by atoms with van der Waals surface area (Å²) in [7, 11) is 0. The number of halogens is 2. The van der Waals surface area contributed by atoms with Gasteiger partial charge in [0, 0.05) is 10.0 Å². The van der Waals surface area contributed by atoms with Gasteiger partial charge < -0.3 is 5.32 Å². The molecule has 122 valence electrons. The van der Waals surface area contributed by atoms with Crippen molar-refractivity contribution in [3.05, 3.63) is 76.1 Å². The smallest absolute Gasteiger partial charge is 0.255 e. The van der Waals surface area contributed by atoms with E-state index in [1.165, 1.54) is 18.3 Å². The molecule has 0 radical (unpaired) electrons. The predicted molar refractivity (Wildman–Crippen MR) is 94.0 cm³/mol. The van der Waals surface area contributed by atoms with Gasteiger partial charge in [-0.3, -0.25) is 9.89 Å². The Morgan fingerprint density at radius 3 is 2.71 bits per heavy atom. The fourth-order valence-electron chi connectivity index (χ4n) is 2.43. The second kappa shape index (κ2) is 6.97. The molecule has 1 unspecified atom stereocenters. The highest BCUT2D eigenvalue weighted by Gasteiger charge is 2.18. The average Bonchev–Trinajstić information content (AvgIpc) is 3.05. The molecule has 1 heterocycles. The molecule has 6 heteroatoms. The van der Waals surface area contributed by atoms with Crippen molar-refractivity contribution in [1.29, 1.82) is 0 Å². The van der Waals surface area contributed by atoms with Gasteiger partial charge >= 0.3 is 0 Å². The molecule has 1 atom stereocenters. The third kappa shape index (κ3) is 3.54. The Morgan fingerprint density at radius 1 is 1.25 bits per heavy atom. The zero-order chi connectivity index (χ0) is 17.1. The Morgan fingerprint density at radius 2 is 2.00 bits per heavy atom. The van der Waals surface area contributed by atoms with E-state index in [4.69, 9.17) is 0 Å². The number of hydrogen-bond donors (Lipinski definition) is 2. The summed E-state index contributed by atoms with van der Waals surface area (Å²) in [6.07, 6.45) is 1.47. The molecule has 0 aliphatic carbocycles. The Balaban J connectivity index is 1.81. The molecule has 0 spiro atoms. The van der Waals surface area contributed by atoms with E-state index in [-0.39, 0.29) is 17.8 Å². The average molecular weight is 388 g/mol. The SMILES string of the molecule is CC(NC(=O)c1cn[nH]c1-c1ccc(F)cc1)c1cccc(Br)c1. The fourth-order valence-corrected chi connectivity index (χ4v) is 2.85.